The van der Waals surface area contributed by atoms with Gasteiger partial charge in [0, 0.05) is 11.6 Å². The van der Waals surface area contributed by atoms with Gasteiger partial charge in [-0.3, -0.25) is 14.9 Å². The van der Waals surface area contributed by atoms with Crippen LogP contribution >= 0.6 is 0 Å². The van der Waals surface area contributed by atoms with Gasteiger partial charge in [0.2, 0.25) is 0 Å². The van der Waals surface area contributed by atoms with Crippen LogP contribution in [-0.4, -0.2) is 17.8 Å². The van der Waals surface area contributed by atoms with Gasteiger partial charge in [-0.15, -0.1) is 0 Å². The monoisotopic (exact) mass is 235 g/mol. The lowest BCUT2D eigenvalue weighted by molar-refractivity contribution is -0.385. The molecule has 2 rings (SSSR count). The smallest absolute Gasteiger partial charge is 0.311 e. The molecular formula is C12H13NO4. The Kier molecular flexibility index (Phi) is 3.37. The predicted molar refractivity (Wildman–Crippen MR) is 61.3 cm³/mol. The summed E-state index contributed by atoms with van der Waals surface area (Å²) in [5.41, 5.74) is 0.140. The predicted octanol–water partition coefficient (Wildman–Crippen LogP) is 2.59. The Balaban J connectivity index is 2.13. The molecule has 0 atom stereocenters. The first-order chi connectivity index (χ1) is 8.20. The summed E-state index contributed by atoms with van der Waals surface area (Å²) in [6.45, 7) is 0.515. The zero-order valence-electron chi connectivity index (χ0n) is 9.30. The summed E-state index contributed by atoms with van der Waals surface area (Å²) in [6.07, 6.45) is 4.04. The first-order valence-corrected chi connectivity index (χ1v) is 5.57. The molecule has 0 spiro atoms. The van der Waals surface area contributed by atoms with E-state index in [2.05, 4.69) is 0 Å². The summed E-state index contributed by atoms with van der Waals surface area (Å²) in [5, 5.41) is 10.8. The van der Waals surface area contributed by atoms with Gasteiger partial charge in [0.1, 0.15) is 6.29 Å². The van der Waals surface area contributed by atoms with Gasteiger partial charge in [0.15, 0.2) is 5.75 Å². The number of ether oxygens (including phenoxy) is 1. The first-order valence-electron chi connectivity index (χ1n) is 5.57. The fourth-order valence-corrected chi connectivity index (χ4v) is 1.74. The van der Waals surface area contributed by atoms with Crippen molar-refractivity contribution in [2.24, 2.45) is 5.92 Å². The fourth-order valence-electron chi connectivity index (χ4n) is 1.74. The molecule has 1 fully saturated rings. The van der Waals surface area contributed by atoms with Gasteiger partial charge < -0.3 is 4.74 Å². The maximum absolute atomic E-state index is 10.8. The van der Waals surface area contributed by atoms with Crippen molar-refractivity contribution in [2.45, 2.75) is 19.3 Å². The standard InChI is InChI=1S/C12H13NO4/c14-7-10-4-5-12(11(6-10)13(15)16)17-8-9-2-1-3-9/h4-7,9H,1-3,8H2. The Morgan fingerprint density at radius 1 is 1.47 bits per heavy atom. The quantitative estimate of drug-likeness (QED) is 0.447. The highest BCUT2D eigenvalue weighted by Gasteiger charge is 2.21. The lowest BCUT2D eigenvalue weighted by Crippen LogP contribution is -2.19. The van der Waals surface area contributed by atoms with E-state index in [1.165, 1.54) is 24.6 Å². The van der Waals surface area contributed by atoms with Crippen molar-refractivity contribution in [1.82, 2.24) is 0 Å². The van der Waals surface area contributed by atoms with Crippen LogP contribution in [0.4, 0.5) is 5.69 Å². The molecule has 1 saturated carbocycles. The zero-order valence-corrected chi connectivity index (χ0v) is 9.30. The molecule has 1 aromatic carbocycles. The number of nitro benzene ring substituents is 1. The molecule has 1 aliphatic rings. The van der Waals surface area contributed by atoms with E-state index in [4.69, 9.17) is 4.74 Å². The average molecular weight is 235 g/mol. The van der Waals surface area contributed by atoms with Gasteiger partial charge >= 0.3 is 5.69 Å². The number of nitrogens with zero attached hydrogens (tertiary/aromatic N) is 1. The molecule has 5 heteroatoms. The van der Waals surface area contributed by atoms with Gasteiger partial charge in [-0.1, -0.05) is 6.42 Å². The summed E-state index contributed by atoms with van der Waals surface area (Å²) < 4.78 is 5.44. The van der Waals surface area contributed by atoms with Gasteiger partial charge in [-0.05, 0) is 30.9 Å². The summed E-state index contributed by atoms with van der Waals surface area (Å²) in [4.78, 5) is 20.9. The second kappa shape index (κ2) is 4.95. The number of nitro groups is 1. The molecular weight excluding hydrogens is 222 g/mol. The number of carbonyl (C=O) groups excluding carboxylic acids is 1. The van der Waals surface area contributed by atoms with Gasteiger partial charge in [-0.25, -0.2) is 0 Å². The van der Waals surface area contributed by atoms with Gasteiger partial charge in [0.05, 0.1) is 11.5 Å². The number of benzene rings is 1. The number of hydrogen-bond donors (Lipinski definition) is 0. The minimum absolute atomic E-state index is 0.145. The number of aldehydes is 1. The molecule has 0 aromatic heterocycles. The summed E-state index contributed by atoms with van der Waals surface area (Å²) in [5.74, 6) is 0.757. The van der Waals surface area contributed by atoms with E-state index in [0.717, 1.165) is 12.8 Å². The molecule has 0 radical (unpaired) electrons. The van der Waals surface area contributed by atoms with Crippen LogP contribution in [-0.2, 0) is 0 Å². The topological polar surface area (TPSA) is 69.4 Å². The van der Waals surface area contributed by atoms with Crippen LogP contribution in [0.2, 0.25) is 0 Å². The van der Waals surface area contributed by atoms with Crippen LogP contribution in [0, 0.1) is 16.0 Å². The van der Waals surface area contributed by atoms with E-state index in [1.54, 1.807) is 0 Å². The lowest BCUT2D eigenvalue weighted by atomic mass is 9.86. The molecule has 0 bridgehead atoms. The van der Waals surface area contributed by atoms with Crippen LogP contribution in [0.1, 0.15) is 29.6 Å². The van der Waals surface area contributed by atoms with Crippen LogP contribution in [0.15, 0.2) is 18.2 Å². The average Bonchev–Trinajstić information content (AvgIpc) is 2.27. The van der Waals surface area contributed by atoms with E-state index in [0.29, 0.717) is 18.8 Å². The SMILES string of the molecule is O=Cc1ccc(OCC2CCC2)c([N+](=O)[O-])c1. The summed E-state index contributed by atoms with van der Waals surface area (Å²) >= 11 is 0. The third kappa shape index (κ3) is 2.61. The molecule has 0 N–H and O–H groups in total. The summed E-state index contributed by atoms with van der Waals surface area (Å²) in [7, 11) is 0. The van der Waals surface area contributed by atoms with Gasteiger partial charge in [0.25, 0.3) is 0 Å². The highest BCUT2D eigenvalue weighted by atomic mass is 16.6. The fraction of sp³-hybridized carbons (Fsp3) is 0.417. The second-order valence-corrected chi connectivity index (χ2v) is 4.21. The molecule has 90 valence electrons. The van der Waals surface area contributed by atoms with Crippen molar-refractivity contribution >= 4 is 12.0 Å². The Morgan fingerprint density at radius 2 is 2.24 bits per heavy atom. The molecule has 5 nitrogen and oxygen atoms in total. The molecule has 0 heterocycles. The normalized spacial score (nSPS) is 15.1. The van der Waals surface area contributed by atoms with Crippen LogP contribution in [0.5, 0.6) is 5.75 Å². The first kappa shape index (κ1) is 11.6. The maximum atomic E-state index is 10.8. The Bertz CT molecular complexity index is 440. The number of hydrogen-bond acceptors (Lipinski definition) is 4. The molecule has 0 amide bonds. The van der Waals surface area contributed by atoms with Crippen molar-refractivity contribution in [1.29, 1.82) is 0 Å². The Hall–Kier alpha value is -1.91. The summed E-state index contributed by atoms with van der Waals surface area (Å²) in [6, 6.07) is 4.25. The highest BCUT2D eigenvalue weighted by Crippen LogP contribution is 2.31. The van der Waals surface area contributed by atoms with E-state index >= 15 is 0 Å². The Labute approximate surface area is 98.5 Å². The van der Waals surface area contributed by atoms with E-state index in [1.807, 2.05) is 0 Å². The third-order valence-corrected chi connectivity index (χ3v) is 3.02. The van der Waals surface area contributed by atoms with Crippen molar-refractivity contribution in [3.63, 3.8) is 0 Å². The van der Waals surface area contributed by atoms with Crippen LogP contribution < -0.4 is 4.74 Å². The van der Waals surface area contributed by atoms with E-state index < -0.39 is 4.92 Å². The number of carbonyl (C=O) groups is 1. The van der Waals surface area contributed by atoms with Crippen molar-refractivity contribution in [2.75, 3.05) is 6.61 Å². The molecule has 1 aliphatic carbocycles. The molecule has 0 unspecified atom stereocenters. The minimum Gasteiger partial charge on any atom is -0.487 e. The van der Waals surface area contributed by atoms with E-state index in [9.17, 15) is 14.9 Å². The zero-order chi connectivity index (χ0) is 12.3. The molecule has 0 saturated heterocycles. The van der Waals surface area contributed by atoms with Gasteiger partial charge in [-0.2, -0.15) is 0 Å². The second-order valence-electron chi connectivity index (χ2n) is 4.21. The van der Waals surface area contributed by atoms with Crippen molar-refractivity contribution in [3.8, 4) is 5.75 Å². The minimum atomic E-state index is -0.525. The van der Waals surface area contributed by atoms with Crippen LogP contribution in [0.3, 0.4) is 0 Å². The van der Waals surface area contributed by atoms with Crippen molar-refractivity contribution < 1.29 is 14.5 Å². The highest BCUT2D eigenvalue weighted by molar-refractivity contribution is 5.77. The van der Waals surface area contributed by atoms with Crippen LogP contribution in [0.25, 0.3) is 0 Å². The molecule has 17 heavy (non-hydrogen) atoms. The molecule has 0 aliphatic heterocycles. The number of rotatable bonds is 5. The molecule has 1 aromatic rings. The van der Waals surface area contributed by atoms with E-state index in [-0.39, 0.29) is 17.0 Å². The maximum Gasteiger partial charge on any atom is 0.311 e. The lowest BCUT2D eigenvalue weighted by Gasteiger charge is -2.24. The van der Waals surface area contributed by atoms with Crippen molar-refractivity contribution in [3.05, 3.63) is 33.9 Å². The third-order valence-electron chi connectivity index (χ3n) is 3.02. The Morgan fingerprint density at radius 3 is 2.76 bits per heavy atom. The largest absolute Gasteiger partial charge is 0.487 e.